The normalized spacial score (nSPS) is 11.9. The Morgan fingerprint density at radius 2 is 2.33 bits per heavy atom. The Hall–Kier alpha value is -1.08. The summed E-state index contributed by atoms with van der Waals surface area (Å²) in [6.45, 7) is 3.65. The SMILES string of the molecule is COC(=O)C(C)CSCC(=O)Nc1nc(C)cs1. The van der Waals surface area contributed by atoms with Gasteiger partial charge < -0.3 is 10.1 Å². The van der Waals surface area contributed by atoms with Crippen LogP contribution in [0.25, 0.3) is 0 Å². The molecule has 18 heavy (non-hydrogen) atoms. The van der Waals surface area contributed by atoms with E-state index in [0.29, 0.717) is 16.6 Å². The molecule has 0 aromatic carbocycles. The van der Waals surface area contributed by atoms with Gasteiger partial charge in [-0.05, 0) is 6.92 Å². The summed E-state index contributed by atoms with van der Waals surface area (Å²) in [5.41, 5.74) is 0.891. The molecule has 0 spiro atoms. The Morgan fingerprint density at radius 1 is 1.61 bits per heavy atom. The highest BCUT2D eigenvalue weighted by Crippen LogP contribution is 2.15. The lowest BCUT2D eigenvalue weighted by Gasteiger charge is -2.07. The van der Waals surface area contributed by atoms with Crippen molar-refractivity contribution in [3.8, 4) is 0 Å². The zero-order valence-corrected chi connectivity index (χ0v) is 12.2. The van der Waals surface area contributed by atoms with Crippen LogP contribution in [0.3, 0.4) is 0 Å². The second-order valence-electron chi connectivity index (χ2n) is 3.78. The maximum absolute atomic E-state index is 11.6. The lowest BCUT2D eigenvalue weighted by molar-refractivity contribution is -0.144. The van der Waals surface area contributed by atoms with Gasteiger partial charge in [0, 0.05) is 11.1 Å². The van der Waals surface area contributed by atoms with Gasteiger partial charge in [-0.3, -0.25) is 9.59 Å². The number of nitrogens with zero attached hydrogens (tertiary/aromatic N) is 1. The van der Waals surface area contributed by atoms with Crippen LogP contribution in [0.5, 0.6) is 0 Å². The van der Waals surface area contributed by atoms with Gasteiger partial charge in [-0.25, -0.2) is 4.98 Å². The van der Waals surface area contributed by atoms with Crippen molar-refractivity contribution in [2.75, 3.05) is 23.9 Å². The van der Waals surface area contributed by atoms with Crippen molar-refractivity contribution in [2.45, 2.75) is 13.8 Å². The second kappa shape index (κ2) is 7.38. The first-order chi connectivity index (χ1) is 8.52. The van der Waals surface area contributed by atoms with Gasteiger partial charge in [0.05, 0.1) is 24.5 Å². The van der Waals surface area contributed by atoms with Gasteiger partial charge in [0.1, 0.15) is 0 Å². The van der Waals surface area contributed by atoms with Crippen molar-refractivity contribution in [3.05, 3.63) is 11.1 Å². The van der Waals surface area contributed by atoms with Crippen LogP contribution in [0.2, 0.25) is 0 Å². The number of carbonyl (C=O) groups excluding carboxylic acids is 2. The molecule has 0 bridgehead atoms. The fraction of sp³-hybridized carbons (Fsp3) is 0.545. The number of hydrogen-bond donors (Lipinski definition) is 1. The molecule has 1 heterocycles. The molecule has 5 nitrogen and oxygen atoms in total. The summed E-state index contributed by atoms with van der Waals surface area (Å²) in [7, 11) is 1.36. The molecular weight excluding hydrogens is 272 g/mol. The number of nitrogens with one attached hydrogen (secondary N) is 1. The Morgan fingerprint density at radius 3 is 2.89 bits per heavy atom. The first-order valence-corrected chi connectivity index (χ1v) is 7.44. The molecule has 0 aliphatic rings. The number of thioether (sulfide) groups is 1. The van der Waals surface area contributed by atoms with Crippen molar-refractivity contribution in [1.82, 2.24) is 4.98 Å². The molecule has 1 aromatic rings. The molecule has 1 aromatic heterocycles. The third kappa shape index (κ3) is 5.05. The number of aromatic nitrogens is 1. The van der Waals surface area contributed by atoms with Crippen molar-refractivity contribution >= 4 is 40.1 Å². The molecule has 1 unspecified atom stereocenters. The van der Waals surface area contributed by atoms with E-state index >= 15 is 0 Å². The Bertz CT molecular complexity index is 420. The number of aryl methyl sites for hydroxylation is 1. The van der Waals surface area contributed by atoms with Gasteiger partial charge in [-0.2, -0.15) is 11.8 Å². The number of ether oxygens (including phenoxy) is 1. The van der Waals surface area contributed by atoms with E-state index in [1.165, 1.54) is 30.2 Å². The second-order valence-corrected chi connectivity index (χ2v) is 5.67. The molecule has 1 N–H and O–H groups in total. The molecule has 1 amide bonds. The number of rotatable bonds is 6. The summed E-state index contributed by atoms with van der Waals surface area (Å²) in [6, 6.07) is 0. The minimum absolute atomic E-state index is 0.105. The van der Waals surface area contributed by atoms with Crippen LogP contribution in [0.1, 0.15) is 12.6 Å². The number of hydrogen-bond acceptors (Lipinski definition) is 6. The van der Waals surface area contributed by atoms with E-state index in [2.05, 4.69) is 15.0 Å². The number of esters is 1. The molecule has 0 saturated carbocycles. The van der Waals surface area contributed by atoms with Gasteiger partial charge in [0.25, 0.3) is 0 Å². The van der Waals surface area contributed by atoms with Crippen molar-refractivity contribution < 1.29 is 14.3 Å². The molecule has 100 valence electrons. The maximum Gasteiger partial charge on any atom is 0.309 e. The zero-order chi connectivity index (χ0) is 13.5. The lowest BCUT2D eigenvalue weighted by Crippen LogP contribution is -2.18. The topological polar surface area (TPSA) is 68.3 Å². The van der Waals surface area contributed by atoms with Crippen LogP contribution in [0.4, 0.5) is 5.13 Å². The third-order valence-corrected chi connectivity index (χ3v) is 4.15. The molecule has 0 radical (unpaired) electrons. The Balaban J connectivity index is 2.23. The standard InChI is InChI=1S/C11H16N2O3S2/c1-7(10(15)16-3)4-17-6-9(14)13-11-12-8(2)5-18-11/h5,7H,4,6H2,1-3H3,(H,12,13,14). The highest BCUT2D eigenvalue weighted by molar-refractivity contribution is 8.00. The van der Waals surface area contributed by atoms with E-state index in [0.717, 1.165) is 5.69 Å². The first kappa shape index (κ1) is 15.0. The summed E-state index contributed by atoms with van der Waals surface area (Å²) in [5.74, 6) is 0.316. The molecule has 0 aliphatic carbocycles. The molecular formula is C11H16N2O3S2. The number of carbonyl (C=O) groups is 2. The quantitative estimate of drug-likeness (QED) is 0.810. The van der Waals surface area contributed by atoms with Crippen molar-refractivity contribution in [2.24, 2.45) is 5.92 Å². The molecule has 0 aliphatic heterocycles. The summed E-state index contributed by atoms with van der Waals surface area (Å²) < 4.78 is 4.61. The van der Waals surface area contributed by atoms with Crippen molar-refractivity contribution in [3.63, 3.8) is 0 Å². The average Bonchev–Trinajstić information content (AvgIpc) is 2.73. The van der Waals surface area contributed by atoms with Gasteiger partial charge in [-0.1, -0.05) is 6.92 Å². The molecule has 1 atom stereocenters. The smallest absolute Gasteiger partial charge is 0.309 e. The number of anilines is 1. The van der Waals surface area contributed by atoms with E-state index in [1.807, 2.05) is 12.3 Å². The van der Waals surface area contributed by atoms with Crippen LogP contribution in [-0.2, 0) is 14.3 Å². The number of amides is 1. The predicted octanol–water partition coefficient (Wildman–Crippen LogP) is 1.93. The maximum atomic E-state index is 11.6. The highest BCUT2D eigenvalue weighted by atomic mass is 32.2. The molecule has 0 fully saturated rings. The highest BCUT2D eigenvalue weighted by Gasteiger charge is 2.14. The largest absolute Gasteiger partial charge is 0.469 e. The summed E-state index contributed by atoms with van der Waals surface area (Å²) in [6.07, 6.45) is 0. The Labute approximate surface area is 114 Å². The monoisotopic (exact) mass is 288 g/mol. The van der Waals surface area contributed by atoms with E-state index in [9.17, 15) is 9.59 Å². The summed E-state index contributed by atoms with van der Waals surface area (Å²) in [5, 5.41) is 5.20. The van der Waals surface area contributed by atoms with Crippen LogP contribution in [0.15, 0.2) is 5.38 Å². The number of thiazole rings is 1. The lowest BCUT2D eigenvalue weighted by atomic mass is 10.2. The van der Waals surface area contributed by atoms with Crippen molar-refractivity contribution in [1.29, 1.82) is 0 Å². The van der Waals surface area contributed by atoms with Crippen LogP contribution < -0.4 is 5.32 Å². The number of methoxy groups -OCH3 is 1. The van der Waals surface area contributed by atoms with Crippen LogP contribution >= 0.6 is 23.1 Å². The van der Waals surface area contributed by atoms with Crippen LogP contribution in [-0.4, -0.2) is 35.5 Å². The van der Waals surface area contributed by atoms with Gasteiger partial charge in [0.2, 0.25) is 5.91 Å². The van der Waals surface area contributed by atoms with E-state index in [4.69, 9.17) is 0 Å². The van der Waals surface area contributed by atoms with E-state index in [-0.39, 0.29) is 17.8 Å². The molecule has 7 heteroatoms. The molecule has 0 saturated heterocycles. The van der Waals surface area contributed by atoms with E-state index in [1.54, 1.807) is 6.92 Å². The summed E-state index contributed by atoms with van der Waals surface area (Å²) >= 11 is 2.80. The third-order valence-electron chi connectivity index (χ3n) is 2.07. The van der Waals surface area contributed by atoms with Gasteiger partial charge in [0.15, 0.2) is 5.13 Å². The Kier molecular flexibility index (Phi) is 6.14. The first-order valence-electron chi connectivity index (χ1n) is 5.40. The molecule has 1 rings (SSSR count). The minimum atomic E-state index is -0.251. The minimum Gasteiger partial charge on any atom is -0.469 e. The fourth-order valence-electron chi connectivity index (χ4n) is 1.16. The van der Waals surface area contributed by atoms with Crippen LogP contribution in [0, 0.1) is 12.8 Å². The fourth-order valence-corrected chi connectivity index (χ4v) is 2.73. The van der Waals surface area contributed by atoms with Gasteiger partial charge >= 0.3 is 5.97 Å². The summed E-state index contributed by atoms with van der Waals surface area (Å²) in [4.78, 5) is 26.8. The van der Waals surface area contributed by atoms with E-state index < -0.39 is 0 Å². The predicted molar refractivity (Wildman–Crippen MR) is 74.0 cm³/mol. The average molecular weight is 288 g/mol. The zero-order valence-electron chi connectivity index (χ0n) is 10.6. The van der Waals surface area contributed by atoms with Gasteiger partial charge in [-0.15, -0.1) is 11.3 Å².